The van der Waals surface area contributed by atoms with E-state index in [2.05, 4.69) is 10.5 Å². The lowest BCUT2D eigenvalue weighted by Crippen LogP contribution is -2.06. The van der Waals surface area contributed by atoms with Gasteiger partial charge < -0.3 is 4.74 Å². The molecule has 3 rings (SSSR count). The number of benzene rings is 3. The Bertz CT molecular complexity index is 1170. The molecule has 3 aromatic carbocycles. The predicted molar refractivity (Wildman–Crippen MR) is 117 cm³/mol. The topological polar surface area (TPSA) is 76.8 Å². The summed E-state index contributed by atoms with van der Waals surface area (Å²) in [5.74, 6) is 0.464. The van der Waals surface area contributed by atoms with Gasteiger partial charge in [-0.2, -0.15) is 18.3 Å². The van der Waals surface area contributed by atoms with Crippen molar-refractivity contribution in [1.82, 2.24) is 0 Å². The SMILES string of the molecule is O=[N+]([O-])c1cc(C(F)(F)F)ccc1N/N=C\c1ccccc1OCc1ccc(Cl)c(Cl)c1. The van der Waals surface area contributed by atoms with E-state index >= 15 is 0 Å². The zero-order chi connectivity index (χ0) is 23.3. The van der Waals surface area contributed by atoms with Crippen molar-refractivity contribution in [3.8, 4) is 5.75 Å². The number of nitrogens with one attached hydrogen (secondary N) is 1. The smallest absolute Gasteiger partial charge is 0.416 e. The van der Waals surface area contributed by atoms with Gasteiger partial charge in [0.05, 0.1) is 26.7 Å². The summed E-state index contributed by atoms with van der Waals surface area (Å²) in [6, 6.07) is 14.1. The highest BCUT2D eigenvalue weighted by molar-refractivity contribution is 6.42. The van der Waals surface area contributed by atoms with Gasteiger partial charge in [0, 0.05) is 11.6 Å². The molecular weight excluding hydrogens is 470 g/mol. The fraction of sp³-hybridized carbons (Fsp3) is 0.0952. The van der Waals surface area contributed by atoms with Crippen molar-refractivity contribution in [2.75, 3.05) is 5.43 Å². The molecule has 0 radical (unpaired) electrons. The molecule has 6 nitrogen and oxygen atoms in total. The second-order valence-electron chi connectivity index (χ2n) is 6.43. The van der Waals surface area contributed by atoms with Gasteiger partial charge in [-0.25, -0.2) is 0 Å². The van der Waals surface area contributed by atoms with Crippen molar-refractivity contribution in [1.29, 1.82) is 0 Å². The third-order valence-corrected chi connectivity index (χ3v) is 4.95. The number of halogens is 5. The molecule has 0 atom stereocenters. The van der Waals surface area contributed by atoms with E-state index in [-0.39, 0.29) is 12.3 Å². The number of nitro groups is 1. The van der Waals surface area contributed by atoms with Crippen molar-refractivity contribution >= 4 is 40.8 Å². The zero-order valence-electron chi connectivity index (χ0n) is 16.1. The van der Waals surface area contributed by atoms with Crippen LogP contribution < -0.4 is 10.2 Å². The van der Waals surface area contributed by atoms with Crippen molar-refractivity contribution in [2.45, 2.75) is 12.8 Å². The minimum atomic E-state index is -4.70. The molecule has 1 N–H and O–H groups in total. The highest BCUT2D eigenvalue weighted by atomic mass is 35.5. The molecule has 0 saturated heterocycles. The van der Waals surface area contributed by atoms with E-state index in [4.69, 9.17) is 27.9 Å². The number of anilines is 1. The highest BCUT2D eigenvalue weighted by Gasteiger charge is 2.33. The Balaban J connectivity index is 1.75. The Hall–Kier alpha value is -3.30. The van der Waals surface area contributed by atoms with Crippen LogP contribution in [0.5, 0.6) is 5.75 Å². The van der Waals surface area contributed by atoms with Gasteiger partial charge in [-0.3, -0.25) is 15.5 Å². The fourth-order valence-corrected chi connectivity index (χ4v) is 2.95. The summed E-state index contributed by atoms with van der Waals surface area (Å²) in [6.07, 6.45) is -3.36. The number of hydrazone groups is 1. The number of hydrogen-bond donors (Lipinski definition) is 1. The summed E-state index contributed by atoms with van der Waals surface area (Å²) in [5, 5.41) is 15.9. The first kappa shape index (κ1) is 23.4. The van der Waals surface area contributed by atoms with E-state index in [1.165, 1.54) is 6.21 Å². The van der Waals surface area contributed by atoms with Gasteiger partial charge >= 0.3 is 6.18 Å². The van der Waals surface area contributed by atoms with Crippen LogP contribution in [-0.4, -0.2) is 11.1 Å². The van der Waals surface area contributed by atoms with Gasteiger partial charge in [-0.05, 0) is 42.0 Å². The summed E-state index contributed by atoms with van der Waals surface area (Å²) >= 11 is 11.9. The van der Waals surface area contributed by atoms with Crippen LogP contribution in [-0.2, 0) is 12.8 Å². The molecule has 0 spiro atoms. The molecule has 0 aliphatic rings. The molecule has 11 heteroatoms. The van der Waals surface area contributed by atoms with E-state index < -0.39 is 22.4 Å². The van der Waals surface area contributed by atoms with E-state index in [9.17, 15) is 23.3 Å². The molecule has 166 valence electrons. The molecule has 0 aliphatic heterocycles. The summed E-state index contributed by atoms with van der Waals surface area (Å²) in [5.41, 5.74) is 1.67. The molecule has 0 unspecified atom stereocenters. The first-order valence-electron chi connectivity index (χ1n) is 8.95. The first-order valence-corrected chi connectivity index (χ1v) is 9.71. The number of nitro benzene ring substituents is 1. The van der Waals surface area contributed by atoms with Gasteiger partial charge in [-0.1, -0.05) is 41.4 Å². The summed E-state index contributed by atoms with van der Waals surface area (Å²) < 4.78 is 44.2. The van der Waals surface area contributed by atoms with Crippen molar-refractivity contribution in [2.24, 2.45) is 5.10 Å². The number of alkyl halides is 3. The predicted octanol–water partition coefficient (Wildman–Crippen LogP) is 6.95. The monoisotopic (exact) mass is 483 g/mol. The zero-order valence-corrected chi connectivity index (χ0v) is 17.6. The number of nitrogens with zero attached hydrogens (tertiary/aromatic N) is 2. The largest absolute Gasteiger partial charge is 0.488 e. The molecule has 0 saturated carbocycles. The molecule has 0 amide bonds. The van der Waals surface area contributed by atoms with Crippen LogP contribution in [0.15, 0.2) is 65.8 Å². The molecule has 3 aromatic rings. The number of hydrogen-bond acceptors (Lipinski definition) is 5. The maximum absolute atomic E-state index is 12.8. The molecule has 0 aliphatic carbocycles. The van der Waals surface area contributed by atoms with Gasteiger partial charge in [0.25, 0.3) is 5.69 Å². The molecular formula is C21H14Cl2F3N3O3. The van der Waals surface area contributed by atoms with Crippen LogP contribution in [0.1, 0.15) is 16.7 Å². The first-order chi connectivity index (χ1) is 15.1. The lowest BCUT2D eigenvalue weighted by Gasteiger charge is -2.10. The van der Waals surface area contributed by atoms with Crippen LogP contribution in [0, 0.1) is 10.1 Å². The Morgan fingerprint density at radius 1 is 1.06 bits per heavy atom. The minimum Gasteiger partial charge on any atom is -0.488 e. The van der Waals surface area contributed by atoms with Crippen molar-refractivity contribution < 1.29 is 22.8 Å². The third kappa shape index (κ3) is 5.89. The second kappa shape index (κ2) is 9.88. The lowest BCUT2D eigenvalue weighted by atomic mass is 10.1. The normalized spacial score (nSPS) is 11.5. The Kier molecular flexibility index (Phi) is 7.22. The average Bonchev–Trinajstić information content (AvgIpc) is 2.74. The fourth-order valence-electron chi connectivity index (χ4n) is 2.63. The van der Waals surface area contributed by atoms with Gasteiger partial charge in [0.2, 0.25) is 0 Å². The Morgan fingerprint density at radius 3 is 2.50 bits per heavy atom. The van der Waals surface area contributed by atoms with E-state index in [1.54, 1.807) is 42.5 Å². The van der Waals surface area contributed by atoms with Crippen LogP contribution >= 0.6 is 23.2 Å². The Morgan fingerprint density at radius 2 is 1.81 bits per heavy atom. The minimum absolute atomic E-state index is 0.187. The highest BCUT2D eigenvalue weighted by Crippen LogP contribution is 2.35. The molecule has 32 heavy (non-hydrogen) atoms. The summed E-state index contributed by atoms with van der Waals surface area (Å²) in [4.78, 5) is 10.2. The van der Waals surface area contributed by atoms with Gasteiger partial charge in [-0.15, -0.1) is 0 Å². The van der Waals surface area contributed by atoms with E-state index in [0.717, 1.165) is 17.7 Å². The van der Waals surface area contributed by atoms with Crippen LogP contribution in [0.4, 0.5) is 24.5 Å². The van der Waals surface area contributed by atoms with Crippen LogP contribution in [0.25, 0.3) is 0 Å². The molecule has 0 bridgehead atoms. The van der Waals surface area contributed by atoms with Gasteiger partial charge in [0.15, 0.2) is 0 Å². The standard InChI is InChI=1S/C21H14Cl2F3N3O3/c22-16-7-5-13(9-17(16)23)12-32-20-4-2-1-3-14(20)11-27-28-18-8-6-15(21(24,25)26)10-19(18)29(30)31/h1-11,28H,12H2/b27-11-. The van der Waals surface area contributed by atoms with E-state index in [1.807, 2.05) is 0 Å². The number of para-hydroxylation sites is 1. The van der Waals surface area contributed by atoms with Crippen molar-refractivity contribution in [3.63, 3.8) is 0 Å². The number of ether oxygens (including phenoxy) is 1. The second-order valence-corrected chi connectivity index (χ2v) is 7.25. The van der Waals surface area contributed by atoms with Crippen LogP contribution in [0.3, 0.4) is 0 Å². The third-order valence-electron chi connectivity index (χ3n) is 4.21. The molecule has 0 fully saturated rings. The molecule has 0 aromatic heterocycles. The molecule has 0 heterocycles. The lowest BCUT2D eigenvalue weighted by molar-refractivity contribution is -0.384. The number of rotatable bonds is 7. The van der Waals surface area contributed by atoms with E-state index in [0.29, 0.717) is 27.4 Å². The maximum atomic E-state index is 12.8. The maximum Gasteiger partial charge on any atom is 0.416 e. The average molecular weight is 484 g/mol. The van der Waals surface area contributed by atoms with Crippen molar-refractivity contribution in [3.05, 3.63) is 97.5 Å². The Labute approximate surface area is 190 Å². The summed E-state index contributed by atoms with van der Waals surface area (Å²) in [6.45, 7) is 0.194. The summed E-state index contributed by atoms with van der Waals surface area (Å²) in [7, 11) is 0. The van der Waals surface area contributed by atoms with Crippen LogP contribution in [0.2, 0.25) is 10.0 Å². The van der Waals surface area contributed by atoms with Gasteiger partial charge in [0.1, 0.15) is 18.0 Å². The quantitative estimate of drug-likeness (QED) is 0.224.